The molecule has 4 heteroatoms. The maximum Gasteiger partial charge on any atom is 0.115 e. The van der Waals surface area contributed by atoms with Gasteiger partial charge >= 0.3 is 0 Å². The average molecular weight is 486 g/mol. The molecule has 0 N–H and O–H groups in total. The molecule has 0 aromatic carbocycles. The largest absolute Gasteiger partial charge is 0.359 e. The molecule has 2 bridgehead atoms. The third-order valence-electron chi connectivity index (χ3n) is 12.9. The molecular formula is C30H48NO2P. The lowest BCUT2D eigenvalue weighted by atomic mass is 9.46. The lowest BCUT2D eigenvalue weighted by molar-refractivity contribution is -0.166. The molecule has 190 valence electrons. The first-order valence-electron chi connectivity index (χ1n) is 15.7. The Labute approximate surface area is 209 Å². The normalized spacial score (nSPS) is 58.9. The fourth-order valence-electron chi connectivity index (χ4n) is 11.7. The van der Waals surface area contributed by atoms with Gasteiger partial charge in [-0.1, -0.05) is 19.8 Å². The van der Waals surface area contributed by atoms with Crippen molar-refractivity contribution in [1.82, 2.24) is 4.67 Å². The van der Waals surface area contributed by atoms with Crippen molar-refractivity contribution < 1.29 is 9.26 Å². The number of piperidine rings is 1. The van der Waals surface area contributed by atoms with Crippen molar-refractivity contribution in [1.29, 1.82) is 0 Å². The molecule has 3 saturated heterocycles. The van der Waals surface area contributed by atoms with E-state index in [1.54, 1.807) is 19.3 Å². The second kappa shape index (κ2) is 8.68. The summed E-state index contributed by atoms with van der Waals surface area (Å²) in [5.41, 5.74) is 0.711. The zero-order valence-electron chi connectivity index (χ0n) is 21.5. The molecule has 5 saturated carbocycles. The Morgan fingerprint density at radius 2 is 1.32 bits per heavy atom. The Balaban J connectivity index is 1.27. The van der Waals surface area contributed by atoms with Crippen LogP contribution in [0.5, 0.6) is 0 Å². The predicted octanol–water partition coefficient (Wildman–Crippen LogP) is 7.59. The van der Waals surface area contributed by atoms with E-state index in [2.05, 4.69) is 11.6 Å². The molecule has 0 radical (unpaired) electrons. The Hall–Kier alpha value is 0.310. The van der Waals surface area contributed by atoms with Crippen LogP contribution in [0.15, 0.2) is 0 Å². The zero-order chi connectivity index (χ0) is 22.4. The fourth-order valence-corrected chi connectivity index (χ4v) is 14.8. The standard InChI is InChI=1S/C30H48NO2P/c1-18-22-15-13-19-9-10-20-11-12-21-14-16-25-30(29(21)28(20)27(18)19)34(31-17-5-4-8-26(31)32-25)33-24-7-3-2-6-23(22)24/h18-30H,2-17H2,1H3. The quantitative estimate of drug-likeness (QED) is 0.330. The summed E-state index contributed by atoms with van der Waals surface area (Å²) in [7, 11) is -0.512. The second-order valence-electron chi connectivity index (χ2n) is 14.0. The number of fused-ring (bicyclic) bond motifs is 5. The van der Waals surface area contributed by atoms with Gasteiger partial charge in [0.25, 0.3) is 0 Å². The van der Waals surface area contributed by atoms with Crippen LogP contribution < -0.4 is 0 Å². The smallest absolute Gasteiger partial charge is 0.115 e. The van der Waals surface area contributed by atoms with E-state index in [0.29, 0.717) is 24.1 Å². The summed E-state index contributed by atoms with van der Waals surface area (Å²) in [6, 6.07) is 0. The van der Waals surface area contributed by atoms with Gasteiger partial charge in [-0.25, -0.2) is 4.67 Å². The first-order valence-corrected chi connectivity index (χ1v) is 16.9. The summed E-state index contributed by atoms with van der Waals surface area (Å²) in [6.07, 6.45) is 23.0. The molecule has 0 aromatic rings. The number of nitrogens with zero attached hydrogens (tertiary/aromatic N) is 1. The first kappa shape index (κ1) is 22.3. The molecule has 14 atom stereocenters. The summed E-state index contributed by atoms with van der Waals surface area (Å²) >= 11 is 0. The third-order valence-corrected chi connectivity index (χ3v) is 15.5. The lowest BCUT2D eigenvalue weighted by Gasteiger charge is -2.65. The van der Waals surface area contributed by atoms with E-state index in [1.165, 1.54) is 83.6 Å². The first-order chi connectivity index (χ1) is 16.8. The van der Waals surface area contributed by atoms with Crippen molar-refractivity contribution in [3.8, 4) is 0 Å². The Bertz CT molecular complexity index is 775. The summed E-state index contributed by atoms with van der Waals surface area (Å²) in [6.45, 7) is 3.98. The summed E-state index contributed by atoms with van der Waals surface area (Å²) in [5.74, 6) is 8.63. The van der Waals surface area contributed by atoms with Gasteiger partial charge in [0.1, 0.15) is 14.5 Å². The van der Waals surface area contributed by atoms with E-state index in [-0.39, 0.29) is 0 Å². The summed E-state index contributed by atoms with van der Waals surface area (Å²) in [4.78, 5) is 0. The highest BCUT2D eigenvalue weighted by atomic mass is 31.2. The zero-order valence-corrected chi connectivity index (χ0v) is 22.4. The number of ether oxygens (including phenoxy) is 1. The van der Waals surface area contributed by atoms with Crippen molar-refractivity contribution in [2.24, 2.45) is 53.3 Å². The lowest BCUT2D eigenvalue weighted by Crippen LogP contribution is -2.62. The average Bonchev–Trinajstić information content (AvgIpc) is 2.88. The Morgan fingerprint density at radius 1 is 0.618 bits per heavy atom. The SMILES string of the molecule is CC1C2CCC3CCC4CCC5CCC6OC7CCCCN7P(OC7CCCCC72)C6C5C4C31. The minimum absolute atomic E-state index is 0.375. The van der Waals surface area contributed by atoms with Gasteiger partial charge in [0.05, 0.1) is 12.2 Å². The van der Waals surface area contributed by atoms with Crippen LogP contribution in [-0.4, -0.2) is 35.3 Å². The van der Waals surface area contributed by atoms with E-state index in [4.69, 9.17) is 9.26 Å². The van der Waals surface area contributed by atoms with E-state index < -0.39 is 8.30 Å². The van der Waals surface area contributed by atoms with Gasteiger partial charge in [-0.15, -0.1) is 0 Å². The fraction of sp³-hybridized carbons (Fsp3) is 1.00. The monoisotopic (exact) mass is 485 g/mol. The molecule has 8 aliphatic rings. The minimum atomic E-state index is -0.512. The minimum Gasteiger partial charge on any atom is -0.359 e. The summed E-state index contributed by atoms with van der Waals surface area (Å²) in [5, 5.41) is 0. The second-order valence-corrected chi connectivity index (χ2v) is 15.9. The maximum atomic E-state index is 7.64. The van der Waals surface area contributed by atoms with Gasteiger partial charge in [-0.3, -0.25) is 0 Å². The number of rotatable bonds is 0. The van der Waals surface area contributed by atoms with Gasteiger partial charge in [0.15, 0.2) is 0 Å². The van der Waals surface area contributed by atoms with Crippen LogP contribution in [0.2, 0.25) is 0 Å². The molecule has 14 unspecified atom stereocenters. The molecule has 8 rings (SSSR count). The van der Waals surface area contributed by atoms with Crippen LogP contribution in [0, 0.1) is 53.3 Å². The molecule has 0 spiro atoms. The van der Waals surface area contributed by atoms with E-state index in [1.807, 2.05) is 0 Å². The molecule has 0 amide bonds. The molecule has 3 heterocycles. The Morgan fingerprint density at radius 3 is 2.21 bits per heavy atom. The molecule has 5 aliphatic carbocycles. The summed E-state index contributed by atoms with van der Waals surface area (Å²) < 4.78 is 17.6. The van der Waals surface area contributed by atoms with Gasteiger partial charge in [0.2, 0.25) is 0 Å². The van der Waals surface area contributed by atoms with Gasteiger partial charge < -0.3 is 9.26 Å². The van der Waals surface area contributed by atoms with Gasteiger partial charge in [0, 0.05) is 12.2 Å². The third kappa shape index (κ3) is 3.28. The van der Waals surface area contributed by atoms with Crippen LogP contribution >= 0.6 is 8.30 Å². The highest BCUT2D eigenvalue weighted by molar-refractivity contribution is 7.51. The van der Waals surface area contributed by atoms with Crippen molar-refractivity contribution in [3.05, 3.63) is 0 Å². The van der Waals surface area contributed by atoms with Gasteiger partial charge in [-0.05, 0) is 137 Å². The molecule has 3 aliphatic heterocycles. The molecule has 0 aromatic heterocycles. The Kier molecular flexibility index (Phi) is 5.69. The predicted molar refractivity (Wildman–Crippen MR) is 137 cm³/mol. The van der Waals surface area contributed by atoms with Crippen LogP contribution in [0.3, 0.4) is 0 Å². The molecule has 34 heavy (non-hydrogen) atoms. The highest BCUT2D eigenvalue weighted by Gasteiger charge is 2.62. The molecule has 8 fully saturated rings. The van der Waals surface area contributed by atoms with Crippen molar-refractivity contribution >= 4 is 8.30 Å². The highest BCUT2D eigenvalue weighted by Crippen LogP contribution is 2.69. The van der Waals surface area contributed by atoms with Crippen LogP contribution in [0.4, 0.5) is 0 Å². The number of hydrogen-bond acceptors (Lipinski definition) is 3. The van der Waals surface area contributed by atoms with Crippen LogP contribution in [-0.2, 0) is 9.26 Å². The molecule has 3 nitrogen and oxygen atoms in total. The van der Waals surface area contributed by atoms with E-state index >= 15 is 0 Å². The van der Waals surface area contributed by atoms with Crippen molar-refractivity contribution in [3.63, 3.8) is 0 Å². The van der Waals surface area contributed by atoms with Crippen molar-refractivity contribution in [2.45, 2.75) is 127 Å². The van der Waals surface area contributed by atoms with E-state index in [9.17, 15) is 0 Å². The van der Waals surface area contributed by atoms with Crippen LogP contribution in [0.25, 0.3) is 0 Å². The number of hydrogen-bond donors (Lipinski definition) is 0. The van der Waals surface area contributed by atoms with Crippen molar-refractivity contribution in [2.75, 3.05) is 6.54 Å². The molecular weight excluding hydrogens is 437 g/mol. The maximum absolute atomic E-state index is 7.64. The topological polar surface area (TPSA) is 21.7 Å². The van der Waals surface area contributed by atoms with E-state index in [0.717, 1.165) is 53.3 Å². The van der Waals surface area contributed by atoms with Gasteiger partial charge in [-0.2, -0.15) is 0 Å². The van der Waals surface area contributed by atoms with Crippen LogP contribution in [0.1, 0.15) is 103 Å².